The molecule has 3 nitrogen and oxygen atoms in total. The molecule has 0 heterocycles. The van der Waals surface area contributed by atoms with Crippen LogP contribution in [0.25, 0.3) is 0 Å². The van der Waals surface area contributed by atoms with Gasteiger partial charge in [0.1, 0.15) is 5.75 Å². The Morgan fingerprint density at radius 1 is 1.60 bits per heavy atom. The smallest absolute Gasteiger partial charge is 0.143 e. The van der Waals surface area contributed by atoms with Gasteiger partial charge in [-0.2, -0.15) is 0 Å². The molecule has 0 saturated heterocycles. The maximum Gasteiger partial charge on any atom is 0.143 e. The number of halogens is 1. The molecule has 0 fully saturated rings. The zero-order valence-electron chi connectivity index (χ0n) is 8.88. The molecule has 1 aromatic rings. The highest BCUT2D eigenvalue weighted by atomic mass is 79.9. The topological polar surface area (TPSA) is 47.3 Å². The van der Waals surface area contributed by atoms with Crippen molar-refractivity contribution in [3.8, 4) is 5.75 Å². The van der Waals surface area contributed by atoms with Gasteiger partial charge in [0, 0.05) is 16.4 Å². The number of hydrogen-bond donors (Lipinski definition) is 2. The van der Waals surface area contributed by atoms with Gasteiger partial charge in [-0.3, -0.25) is 0 Å². The minimum absolute atomic E-state index is 0.782. The lowest BCUT2D eigenvalue weighted by molar-refractivity contribution is 0.416. The second-order valence-electron chi connectivity index (χ2n) is 3.06. The SMILES string of the molecule is CC/C(N)=C/Nc1ccc(Br)cc1OC. The Labute approximate surface area is 98.4 Å². The number of nitrogens with two attached hydrogens (primary N) is 1. The largest absolute Gasteiger partial charge is 0.495 e. The first-order valence-corrected chi connectivity index (χ1v) is 5.51. The maximum absolute atomic E-state index is 5.69. The van der Waals surface area contributed by atoms with Crippen molar-refractivity contribution in [2.24, 2.45) is 5.73 Å². The molecular weight excluding hydrogens is 256 g/mol. The van der Waals surface area contributed by atoms with Gasteiger partial charge in [-0.1, -0.05) is 22.9 Å². The summed E-state index contributed by atoms with van der Waals surface area (Å²) in [5, 5.41) is 3.11. The Morgan fingerprint density at radius 3 is 2.93 bits per heavy atom. The average molecular weight is 271 g/mol. The van der Waals surface area contributed by atoms with Gasteiger partial charge in [0.15, 0.2) is 0 Å². The van der Waals surface area contributed by atoms with E-state index in [0.29, 0.717) is 0 Å². The van der Waals surface area contributed by atoms with Crippen LogP contribution in [-0.2, 0) is 0 Å². The van der Waals surface area contributed by atoms with Crippen LogP contribution < -0.4 is 15.8 Å². The minimum atomic E-state index is 0.782. The van der Waals surface area contributed by atoms with Gasteiger partial charge in [-0.05, 0) is 24.6 Å². The van der Waals surface area contributed by atoms with Crippen LogP contribution in [0.4, 0.5) is 5.69 Å². The Hall–Kier alpha value is -1.16. The van der Waals surface area contributed by atoms with Crippen LogP contribution in [0.15, 0.2) is 34.6 Å². The third kappa shape index (κ3) is 3.47. The van der Waals surface area contributed by atoms with Crippen molar-refractivity contribution in [2.45, 2.75) is 13.3 Å². The second kappa shape index (κ2) is 5.66. The standard InChI is InChI=1S/C11H15BrN2O/c1-3-9(13)7-14-10-5-4-8(12)6-11(10)15-2/h4-7,14H,3,13H2,1-2H3/b9-7-. The van der Waals surface area contributed by atoms with Crippen LogP contribution in [0, 0.1) is 0 Å². The highest BCUT2D eigenvalue weighted by Crippen LogP contribution is 2.27. The molecule has 0 spiro atoms. The number of ether oxygens (including phenoxy) is 1. The van der Waals surface area contributed by atoms with Crippen molar-refractivity contribution in [1.82, 2.24) is 0 Å². The summed E-state index contributed by atoms with van der Waals surface area (Å²) in [6.45, 7) is 2.01. The van der Waals surface area contributed by atoms with Gasteiger partial charge in [-0.15, -0.1) is 0 Å². The molecule has 4 heteroatoms. The Morgan fingerprint density at radius 2 is 2.33 bits per heavy atom. The van der Waals surface area contributed by atoms with Gasteiger partial charge in [0.25, 0.3) is 0 Å². The van der Waals surface area contributed by atoms with E-state index in [4.69, 9.17) is 10.5 Å². The number of rotatable bonds is 4. The first-order chi connectivity index (χ1) is 7.17. The van der Waals surface area contributed by atoms with E-state index < -0.39 is 0 Å². The van der Waals surface area contributed by atoms with Crippen molar-refractivity contribution >= 4 is 21.6 Å². The van der Waals surface area contributed by atoms with E-state index in [-0.39, 0.29) is 0 Å². The number of nitrogens with one attached hydrogen (secondary N) is 1. The first-order valence-electron chi connectivity index (χ1n) is 4.72. The summed E-state index contributed by atoms with van der Waals surface area (Å²) in [5.41, 5.74) is 7.40. The third-order valence-corrected chi connectivity index (χ3v) is 2.48. The van der Waals surface area contributed by atoms with Crippen LogP contribution in [0.5, 0.6) is 5.75 Å². The predicted molar refractivity (Wildman–Crippen MR) is 66.9 cm³/mol. The van der Waals surface area contributed by atoms with Crippen LogP contribution in [0.3, 0.4) is 0 Å². The fraction of sp³-hybridized carbons (Fsp3) is 0.273. The molecule has 0 bridgehead atoms. The lowest BCUT2D eigenvalue weighted by Crippen LogP contribution is -2.00. The molecule has 1 rings (SSSR count). The summed E-state index contributed by atoms with van der Waals surface area (Å²) in [6, 6.07) is 5.78. The normalized spacial score (nSPS) is 11.3. The molecule has 15 heavy (non-hydrogen) atoms. The van der Waals surface area contributed by atoms with Gasteiger partial charge < -0.3 is 15.8 Å². The molecule has 0 aromatic heterocycles. The van der Waals surface area contributed by atoms with Crippen molar-refractivity contribution in [1.29, 1.82) is 0 Å². The molecular formula is C11H15BrN2O. The van der Waals surface area contributed by atoms with Crippen LogP contribution in [-0.4, -0.2) is 7.11 Å². The Bertz CT molecular complexity index is 364. The van der Waals surface area contributed by atoms with Crippen molar-refractivity contribution in [3.63, 3.8) is 0 Å². The molecule has 0 saturated carbocycles. The molecule has 0 amide bonds. The van der Waals surface area contributed by atoms with E-state index in [0.717, 1.165) is 28.0 Å². The molecule has 1 aromatic carbocycles. The fourth-order valence-corrected chi connectivity index (χ4v) is 1.40. The molecule has 82 valence electrons. The highest BCUT2D eigenvalue weighted by Gasteiger charge is 2.01. The number of methoxy groups -OCH3 is 1. The summed E-state index contributed by atoms with van der Waals surface area (Å²) >= 11 is 3.38. The van der Waals surface area contributed by atoms with Gasteiger partial charge in [0.05, 0.1) is 12.8 Å². The molecule has 0 unspecified atom stereocenters. The summed E-state index contributed by atoms with van der Waals surface area (Å²) in [5.74, 6) is 0.782. The van der Waals surface area contributed by atoms with Crippen LogP contribution in [0.1, 0.15) is 13.3 Å². The predicted octanol–water partition coefficient (Wildman–Crippen LogP) is 3.08. The van der Waals surface area contributed by atoms with E-state index in [2.05, 4.69) is 21.2 Å². The monoisotopic (exact) mass is 270 g/mol. The second-order valence-corrected chi connectivity index (χ2v) is 3.98. The van der Waals surface area contributed by atoms with Gasteiger partial charge in [-0.25, -0.2) is 0 Å². The molecule has 0 aliphatic carbocycles. The lowest BCUT2D eigenvalue weighted by Gasteiger charge is -2.09. The third-order valence-electron chi connectivity index (χ3n) is 1.98. The van der Waals surface area contributed by atoms with Crippen LogP contribution >= 0.6 is 15.9 Å². The number of hydrogen-bond acceptors (Lipinski definition) is 3. The number of allylic oxidation sites excluding steroid dienone is 1. The van der Waals surface area contributed by atoms with Crippen molar-refractivity contribution in [3.05, 3.63) is 34.6 Å². The lowest BCUT2D eigenvalue weighted by atomic mass is 10.3. The fourth-order valence-electron chi connectivity index (χ4n) is 1.06. The minimum Gasteiger partial charge on any atom is -0.495 e. The summed E-state index contributed by atoms with van der Waals surface area (Å²) in [6.07, 6.45) is 2.61. The molecule has 0 radical (unpaired) electrons. The summed E-state index contributed by atoms with van der Waals surface area (Å²) < 4.78 is 6.21. The first kappa shape index (κ1) is 11.9. The zero-order chi connectivity index (χ0) is 11.3. The molecule has 0 aliphatic heterocycles. The van der Waals surface area contributed by atoms with Gasteiger partial charge in [0.2, 0.25) is 0 Å². The number of benzene rings is 1. The van der Waals surface area contributed by atoms with E-state index in [9.17, 15) is 0 Å². The zero-order valence-corrected chi connectivity index (χ0v) is 10.5. The van der Waals surface area contributed by atoms with E-state index in [1.165, 1.54) is 0 Å². The van der Waals surface area contributed by atoms with E-state index in [1.54, 1.807) is 13.3 Å². The average Bonchev–Trinajstić information content (AvgIpc) is 2.26. The highest BCUT2D eigenvalue weighted by molar-refractivity contribution is 9.10. The molecule has 0 atom stereocenters. The van der Waals surface area contributed by atoms with Gasteiger partial charge >= 0.3 is 0 Å². The number of anilines is 1. The van der Waals surface area contributed by atoms with Crippen molar-refractivity contribution in [2.75, 3.05) is 12.4 Å². The molecule has 3 N–H and O–H groups in total. The quantitative estimate of drug-likeness (QED) is 0.884. The summed E-state index contributed by atoms with van der Waals surface area (Å²) in [4.78, 5) is 0. The van der Waals surface area contributed by atoms with Crippen molar-refractivity contribution < 1.29 is 4.74 Å². The Kier molecular flexibility index (Phi) is 4.49. The maximum atomic E-state index is 5.69. The Balaban J connectivity index is 2.85. The molecule has 0 aliphatic rings. The van der Waals surface area contributed by atoms with E-state index >= 15 is 0 Å². The summed E-state index contributed by atoms with van der Waals surface area (Å²) in [7, 11) is 1.64. The van der Waals surface area contributed by atoms with Crippen LogP contribution in [0.2, 0.25) is 0 Å². The van der Waals surface area contributed by atoms with E-state index in [1.807, 2.05) is 25.1 Å².